The number of carbonyl (C=O) groups excluding carboxylic acids is 1. The van der Waals surface area contributed by atoms with E-state index in [2.05, 4.69) is 10.4 Å². The number of carbonyl (C=O) groups is 1. The van der Waals surface area contributed by atoms with Gasteiger partial charge in [-0.25, -0.2) is 0 Å². The van der Waals surface area contributed by atoms with Crippen LogP contribution in [0.25, 0.3) is 10.2 Å². The number of benzene rings is 1. The van der Waals surface area contributed by atoms with Crippen molar-refractivity contribution in [2.24, 2.45) is 18.0 Å². The van der Waals surface area contributed by atoms with Gasteiger partial charge in [0.15, 0.2) is 0 Å². The van der Waals surface area contributed by atoms with Crippen LogP contribution in [0.15, 0.2) is 23.3 Å². The Morgan fingerprint density at radius 1 is 1.56 bits per heavy atom. The summed E-state index contributed by atoms with van der Waals surface area (Å²) in [4.78, 5) is 11.7. The van der Waals surface area contributed by atoms with E-state index in [1.54, 1.807) is 0 Å². The van der Waals surface area contributed by atoms with Crippen LogP contribution in [0.5, 0.6) is 0 Å². The fourth-order valence-electron chi connectivity index (χ4n) is 1.54. The summed E-state index contributed by atoms with van der Waals surface area (Å²) in [5, 5.41) is 6.43. The number of aryl methyl sites for hydroxylation is 1. The highest BCUT2D eigenvalue weighted by atomic mass is 32.1. The first-order valence-corrected chi connectivity index (χ1v) is 5.54. The summed E-state index contributed by atoms with van der Waals surface area (Å²) in [5.74, 6) is 5.20. The van der Waals surface area contributed by atoms with Crippen LogP contribution in [0.1, 0.15) is 6.92 Å². The number of anilines is 1. The van der Waals surface area contributed by atoms with Crippen LogP contribution in [0, 0.1) is 0 Å². The van der Waals surface area contributed by atoms with Gasteiger partial charge in [-0.3, -0.25) is 4.79 Å². The van der Waals surface area contributed by atoms with Gasteiger partial charge in [-0.1, -0.05) is 11.3 Å². The van der Waals surface area contributed by atoms with E-state index in [9.17, 15) is 4.79 Å². The number of nitrogens with one attached hydrogen (secondary N) is 1. The van der Waals surface area contributed by atoms with Gasteiger partial charge < -0.3 is 15.7 Å². The van der Waals surface area contributed by atoms with Crippen molar-refractivity contribution < 1.29 is 4.79 Å². The molecule has 2 rings (SSSR count). The van der Waals surface area contributed by atoms with Gasteiger partial charge >= 0.3 is 0 Å². The number of nitrogens with two attached hydrogens (primary N) is 1. The van der Waals surface area contributed by atoms with Gasteiger partial charge in [0.2, 0.25) is 10.7 Å². The molecule has 1 heterocycles. The second-order valence-electron chi connectivity index (χ2n) is 3.44. The molecule has 5 nitrogen and oxygen atoms in total. The van der Waals surface area contributed by atoms with Gasteiger partial charge in [-0.05, 0) is 18.2 Å². The number of hydrogen-bond acceptors (Lipinski definition) is 4. The molecule has 0 aliphatic heterocycles. The third-order valence-electron chi connectivity index (χ3n) is 2.24. The molecule has 0 saturated heterocycles. The minimum atomic E-state index is -0.0796. The van der Waals surface area contributed by atoms with Crippen molar-refractivity contribution in [2.45, 2.75) is 6.92 Å². The average molecular weight is 236 g/mol. The molecule has 0 aliphatic carbocycles. The van der Waals surface area contributed by atoms with Crippen molar-refractivity contribution in [1.82, 2.24) is 4.57 Å². The molecular weight excluding hydrogens is 224 g/mol. The van der Waals surface area contributed by atoms with Crippen LogP contribution < -0.4 is 16.0 Å². The summed E-state index contributed by atoms with van der Waals surface area (Å²) in [7, 11) is 1.91. The first kappa shape index (κ1) is 10.7. The van der Waals surface area contributed by atoms with E-state index >= 15 is 0 Å². The van der Waals surface area contributed by atoms with Crippen molar-refractivity contribution in [1.29, 1.82) is 0 Å². The Kier molecular flexibility index (Phi) is 2.66. The number of amides is 1. The lowest BCUT2D eigenvalue weighted by Crippen LogP contribution is -2.12. The Hall–Kier alpha value is -1.82. The summed E-state index contributed by atoms with van der Waals surface area (Å²) in [6.45, 7) is 1.49. The molecule has 1 aromatic carbocycles. The van der Waals surface area contributed by atoms with Gasteiger partial charge in [0.25, 0.3) is 0 Å². The maximum atomic E-state index is 10.9. The third kappa shape index (κ3) is 1.79. The molecule has 0 unspecified atom stereocenters. The van der Waals surface area contributed by atoms with E-state index in [1.165, 1.54) is 18.3 Å². The summed E-state index contributed by atoms with van der Waals surface area (Å²) < 4.78 is 2.95. The Bertz CT molecular complexity index is 611. The number of hydrogen-bond donors (Lipinski definition) is 2. The van der Waals surface area contributed by atoms with Crippen molar-refractivity contribution >= 4 is 33.1 Å². The number of aromatic nitrogens is 1. The van der Waals surface area contributed by atoms with Crippen molar-refractivity contribution in [3.05, 3.63) is 23.0 Å². The molecule has 0 fully saturated rings. The number of fused-ring (bicyclic) bond motifs is 1. The van der Waals surface area contributed by atoms with Crippen LogP contribution in [-0.2, 0) is 11.8 Å². The minimum Gasteiger partial charge on any atom is -0.326 e. The molecule has 0 bridgehead atoms. The molecule has 84 valence electrons. The van der Waals surface area contributed by atoms with E-state index in [0.29, 0.717) is 0 Å². The van der Waals surface area contributed by atoms with Gasteiger partial charge in [-0.2, -0.15) is 5.10 Å². The first-order chi connectivity index (χ1) is 7.61. The topological polar surface area (TPSA) is 72.4 Å². The third-order valence-corrected chi connectivity index (χ3v) is 3.35. The zero-order valence-corrected chi connectivity index (χ0v) is 9.84. The predicted octanol–water partition coefficient (Wildman–Crippen LogP) is 0.973. The predicted molar refractivity (Wildman–Crippen MR) is 64.9 cm³/mol. The lowest BCUT2D eigenvalue weighted by Gasteiger charge is -2.01. The highest BCUT2D eigenvalue weighted by Gasteiger charge is 2.04. The van der Waals surface area contributed by atoms with E-state index in [0.717, 1.165) is 20.7 Å². The van der Waals surface area contributed by atoms with Crippen molar-refractivity contribution in [3.8, 4) is 0 Å². The van der Waals surface area contributed by atoms with Gasteiger partial charge in [0.05, 0.1) is 10.2 Å². The van der Waals surface area contributed by atoms with Gasteiger partial charge in [0.1, 0.15) is 0 Å². The Labute approximate surface area is 96.2 Å². The molecule has 0 atom stereocenters. The summed E-state index contributed by atoms with van der Waals surface area (Å²) in [6, 6.07) is 5.71. The second kappa shape index (κ2) is 3.97. The largest absolute Gasteiger partial charge is 0.326 e. The van der Waals surface area contributed by atoms with Gasteiger partial charge in [0, 0.05) is 19.7 Å². The average Bonchev–Trinajstić information content (AvgIpc) is 2.54. The molecular formula is C10H12N4OS. The summed E-state index contributed by atoms with van der Waals surface area (Å²) in [5.41, 5.74) is 1.83. The highest BCUT2D eigenvalue weighted by molar-refractivity contribution is 7.16. The molecule has 0 aliphatic rings. The molecule has 16 heavy (non-hydrogen) atoms. The SMILES string of the molecule is CC(=O)Nc1ccc2c(c1)sc(=NN)n2C. The summed E-state index contributed by atoms with van der Waals surface area (Å²) in [6.07, 6.45) is 0. The molecule has 2 aromatic rings. The van der Waals surface area contributed by atoms with Crippen molar-refractivity contribution in [2.75, 3.05) is 5.32 Å². The fraction of sp³-hybridized carbons (Fsp3) is 0.200. The number of thiazole rings is 1. The zero-order chi connectivity index (χ0) is 11.7. The quantitative estimate of drug-likeness (QED) is 0.572. The Morgan fingerprint density at radius 3 is 2.94 bits per heavy atom. The van der Waals surface area contributed by atoms with Crippen LogP contribution in [-0.4, -0.2) is 10.5 Å². The lowest BCUT2D eigenvalue weighted by molar-refractivity contribution is -0.114. The fourth-order valence-corrected chi connectivity index (χ4v) is 2.52. The molecule has 0 saturated carbocycles. The minimum absolute atomic E-state index is 0.0796. The van der Waals surface area contributed by atoms with Crippen molar-refractivity contribution in [3.63, 3.8) is 0 Å². The van der Waals surface area contributed by atoms with E-state index in [1.807, 2.05) is 29.8 Å². The lowest BCUT2D eigenvalue weighted by atomic mass is 10.3. The van der Waals surface area contributed by atoms with Crippen LogP contribution in [0.3, 0.4) is 0 Å². The van der Waals surface area contributed by atoms with E-state index in [-0.39, 0.29) is 5.91 Å². The molecule has 1 amide bonds. The standard InChI is InChI=1S/C10H12N4OS/c1-6(15)12-7-3-4-8-9(5-7)16-10(13-11)14(8)2/h3-5H,11H2,1-2H3,(H,12,15). The Morgan fingerprint density at radius 2 is 2.31 bits per heavy atom. The smallest absolute Gasteiger partial charge is 0.221 e. The van der Waals surface area contributed by atoms with Crippen LogP contribution in [0.4, 0.5) is 5.69 Å². The normalized spacial score (nSPS) is 12.0. The summed E-state index contributed by atoms with van der Waals surface area (Å²) >= 11 is 1.49. The zero-order valence-electron chi connectivity index (χ0n) is 9.02. The molecule has 1 aromatic heterocycles. The maximum Gasteiger partial charge on any atom is 0.221 e. The maximum absolute atomic E-state index is 10.9. The molecule has 0 radical (unpaired) electrons. The number of rotatable bonds is 1. The monoisotopic (exact) mass is 236 g/mol. The Balaban J connectivity index is 2.59. The molecule has 6 heteroatoms. The van der Waals surface area contributed by atoms with Crippen LogP contribution in [0.2, 0.25) is 0 Å². The van der Waals surface area contributed by atoms with E-state index in [4.69, 9.17) is 5.84 Å². The highest BCUT2D eigenvalue weighted by Crippen LogP contribution is 2.21. The first-order valence-electron chi connectivity index (χ1n) is 4.73. The number of nitrogens with zero attached hydrogens (tertiary/aromatic N) is 2. The second-order valence-corrected chi connectivity index (χ2v) is 4.45. The van der Waals surface area contributed by atoms with E-state index < -0.39 is 0 Å². The van der Waals surface area contributed by atoms with Crippen LogP contribution >= 0.6 is 11.3 Å². The molecule has 0 spiro atoms. The van der Waals surface area contributed by atoms with Gasteiger partial charge in [-0.15, -0.1) is 0 Å². The molecule has 3 N–H and O–H groups in total.